The van der Waals surface area contributed by atoms with Crippen molar-refractivity contribution in [2.75, 3.05) is 13.7 Å². The maximum atomic E-state index is 11.2. The fourth-order valence-electron chi connectivity index (χ4n) is 1.19. The van der Waals surface area contributed by atoms with E-state index in [2.05, 4.69) is 6.92 Å². The van der Waals surface area contributed by atoms with E-state index in [1.807, 2.05) is 6.92 Å². The van der Waals surface area contributed by atoms with Gasteiger partial charge in [0.25, 0.3) is 0 Å². The van der Waals surface area contributed by atoms with E-state index in [1.54, 1.807) is 7.11 Å². The van der Waals surface area contributed by atoms with Crippen LogP contribution in [-0.2, 0) is 9.53 Å². The van der Waals surface area contributed by atoms with Gasteiger partial charge in [0.2, 0.25) is 0 Å². The number of carbonyl (C=O) groups is 1. The molecule has 0 N–H and O–H groups in total. The van der Waals surface area contributed by atoms with Gasteiger partial charge in [-0.25, -0.2) is 0 Å². The van der Waals surface area contributed by atoms with E-state index in [0.717, 1.165) is 32.3 Å². The van der Waals surface area contributed by atoms with Crippen molar-refractivity contribution >= 4 is 5.78 Å². The van der Waals surface area contributed by atoms with Gasteiger partial charge in [-0.1, -0.05) is 13.8 Å². The van der Waals surface area contributed by atoms with Gasteiger partial charge in [0.05, 0.1) is 0 Å². The van der Waals surface area contributed by atoms with Gasteiger partial charge >= 0.3 is 0 Å². The van der Waals surface area contributed by atoms with Crippen LogP contribution in [0.25, 0.3) is 0 Å². The first-order valence-corrected chi connectivity index (χ1v) is 4.71. The van der Waals surface area contributed by atoms with Crippen LogP contribution in [0.3, 0.4) is 0 Å². The normalized spacial score (nSPS) is 12.9. The number of methoxy groups -OCH3 is 1. The molecule has 0 aromatic carbocycles. The lowest BCUT2D eigenvalue weighted by molar-refractivity contribution is -0.120. The Morgan fingerprint density at radius 2 is 2.17 bits per heavy atom. The number of ketones is 1. The van der Waals surface area contributed by atoms with Crippen LogP contribution in [0.1, 0.15) is 39.5 Å². The predicted octanol–water partition coefficient (Wildman–Crippen LogP) is 2.42. The molecule has 0 aliphatic heterocycles. The fraction of sp³-hybridized carbons (Fsp3) is 0.900. The Labute approximate surface area is 75.3 Å². The molecule has 1 atom stereocenters. The van der Waals surface area contributed by atoms with E-state index in [-0.39, 0.29) is 0 Å². The van der Waals surface area contributed by atoms with E-state index >= 15 is 0 Å². The second kappa shape index (κ2) is 7.29. The Morgan fingerprint density at radius 1 is 1.50 bits per heavy atom. The average molecular weight is 172 g/mol. The monoisotopic (exact) mass is 172 g/mol. The van der Waals surface area contributed by atoms with E-state index in [0.29, 0.717) is 11.7 Å². The Kier molecular flexibility index (Phi) is 7.06. The van der Waals surface area contributed by atoms with E-state index in [1.165, 1.54) is 0 Å². The highest BCUT2D eigenvalue weighted by Crippen LogP contribution is 2.09. The smallest absolute Gasteiger partial charge is 0.133 e. The quantitative estimate of drug-likeness (QED) is 0.589. The minimum absolute atomic E-state index is 0.390. The molecular formula is C10H20O2. The number of ether oxygens (including phenoxy) is 1. The Balaban J connectivity index is 3.40. The molecule has 0 aromatic rings. The second-order valence-corrected chi connectivity index (χ2v) is 3.38. The summed E-state index contributed by atoms with van der Waals surface area (Å²) in [5.41, 5.74) is 0. The lowest BCUT2D eigenvalue weighted by Gasteiger charge is -2.08. The van der Waals surface area contributed by atoms with Crippen molar-refractivity contribution in [3.8, 4) is 0 Å². The van der Waals surface area contributed by atoms with Crippen LogP contribution >= 0.6 is 0 Å². The average Bonchev–Trinajstić information content (AvgIpc) is 2.01. The largest absolute Gasteiger partial charge is 0.385 e. The van der Waals surface area contributed by atoms with Gasteiger partial charge in [0, 0.05) is 26.6 Å². The molecule has 0 saturated heterocycles. The summed E-state index contributed by atoms with van der Waals surface area (Å²) < 4.78 is 4.94. The molecule has 0 fully saturated rings. The summed E-state index contributed by atoms with van der Waals surface area (Å²) in [6.07, 6.45) is 3.41. The second-order valence-electron chi connectivity index (χ2n) is 3.38. The van der Waals surface area contributed by atoms with Gasteiger partial charge in [-0.3, -0.25) is 4.79 Å². The topological polar surface area (TPSA) is 26.3 Å². The van der Waals surface area contributed by atoms with Gasteiger partial charge in [0.1, 0.15) is 5.78 Å². The van der Waals surface area contributed by atoms with Crippen LogP contribution in [-0.4, -0.2) is 19.5 Å². The van der Waals surface area contributed by atoms with E-state index in [9.17, 15) is 4.79 Å². The van der Waals surface area contributed by atoms with Crippen molar-refractivity contribution in [3.63, 3.8) is 0 Å². The van der Waals surface area contributed by atoms with Crippen LogP contribution < -0.4 is 0 Å². The first kappa shape index (κ1) is 11.6. The SMILES string of the molecule is CCCC(=O)CC(C)CCOC. The highest BCUT2D eigenvalue weighted by atomic mass is 16.5. The third-order valence-corrected chi connectivity index (χ3v) is 1.92. The number of carbonyl (C=O) groups excluding carboxylic acids is 1. The zero-order valence-electron chi connectivity index (χ0n) is 8.43. The molecule has 0 amide bonds. The predicted molar refractivity (Wildman–Crippen MR) is 50.2 cm³/mol. The van der Waals surface area contributed by atoms with Crippen LogP contribution in [0.4, 0.5) is 0 Å². The molecular weight excluding hydrogens is 152 g/mol. The lowest BCUT2D eigenvalue weighted by Crippen LogP contribution is -2.07. The lowest BCUT2D eigenvalue weighted by atomic mass is 9.99. The number of hydrogen-bond donors (Lipinski definition) is 0. The van der Waals surface area contributed by atoms with Crippen LogP contribution in [0.5, 0.6) is 0 Å². The van der Waals surface area contributed by atoms with Crippen molar-refractivity contribution < 1.29 is 9.53 Å². The summed E-state index contributed by atoms with van der Waals surface area (Å²) in [4.78, 5) is 11.2. The molecule has 0 rings (SSSR count). The molecule has 0 bridgehead atoms. The number of hydrogen-bond acceptors (Lipinski definition) is 2. The summed E-state index contributed by atoms with van der Waals surface area (Å²) in [7, 11) is 1.70. The number of Topliss-reactive ketones (excluding diaryl/α,β-unsaturated/α-hetero) is 1. The summed E-state index contributed by atoms with van der Waals surface area (Å²) in [6.45, 7) is 4.91. The standard InChI is InChI=1S/C10H20O2/c1-4-5-10(11)8-9(2)6-7-12-3/h9H,4-8H2,1-3H3. The van der Waals surface area contributed by atoms with Crippen molar-refractivity contribution in [3.05, 3.63) is 0 Å². The molecule has 2 heteroatoms. The maximum Gasteiger partial charge on any atom is 0.133 e. The van der Waals surface area contributed by atoms with Gasteiger partial charge < -0.3 is 4.74 Å². The van der Waals surface area contributed by atoms with Gasteiger partial charge in [-0.2, -0.15) is 0 Å². The van der Waals surface area contributed by atoms with Crippen LogP contribution in [0.2, 0.25) is 0 Å². The summed E-state index contributed by atoms with van der Waals surface area (Å²) >= 11 is 0. The summed E-state index contributed by atoms with van der Waals surface area (Å²) in [5.74, 6) is 0.866. The van der Waals surface area contributed by atoms with Crippen molar-refractivity contribution in [2.45, 2.75) is 39.5 Å². The minimum Gasteiger partial charge on any atom is -0.385 e. The highest BCUT2D eigenvalue weighted by molar-refractivity contribution is 5.78. The van der Waals surface area contributed by atoms with E-state index in [4.69, 9.17) is 4.74 Å². The molecule has 0 saturated carbocycles. The Hall–Kier alpha value is -0.370. The first-order valence-electron chi connectivity index (χ1n) is 4.71. The maximum absolute atomic E-state index is 11.2. The van der Waals surface area contributed by atoms with Gasteiger partial charge in [-0.05, 0) is 18.8 Å². The van der Waals surface area contributed by atoms with Crippen LogP contribution in [0, 0.1) is 5.92 Å². The Bertz CT molecular complexity index is 121. The molecule has 12 heavy (non-hydrogen) atoms. The molecule has 0 spiro atoms. The van der Waals surface area contributed by atoms with Crippen molar-refractivity contribution in [2.24, 2.45) is 5.92 Å². The first-order chi connectivity index (χ1) is 5.70. The van der Waals surface area contributed by atoms with Crippen molar-refractivity contribution in [1.29, 1.82) is 0 Å². The molecule has 0 aliphatic carbocycles. The third-order valence-electron chi connectivity index (χ3n) is 1.92. The summed E-state index contributed by atoms with van der Waals surface area (Å²) in [5, 5.41) is 0. The van der Waals surface area contributed by atoms with Crippen molar-refractivity contribution in [1.82, 2.24) is 0 Å². The number of rotatable bonds is 7. The molecule has 2 nitrogen and oxygen atoms in total. The zero-order chi connectivity index (χ0) is 9.40. The third kappa shape index (κ3) is 6.35. The molecule has 0 aliphatic rings. The van der Waals surface area contributed by atoms with E-state index < -0.39 is 0 Å². The van der Waals surface area contributed by atoms with Gasteiger partial charge in [0.15, 0.2) is 0 Å². The molecule has 0 aromatic heterocycles. The van der Waals surface area contributed by atoms with Crippen LogP contribution in [0.15, 0.2) is 0 Å². The molecule has 0 heterocycles. The molecule has 0 radical (unpaired) electrons. The molecule has 1 unspecified atom stereocenters. The minimum atomic E-state index is 0.390. The van der Waals surface area contributed by atoms with Gasteiger partial charge in [-0.15, -0.1) is 0 Å². The summed E-state index contributed by atoms with van der Waals surface area (Å²) in [6, 6.07) is 0. The fourth-order valence-corrected chi connectivity index (χ4v) is 1.19. The highest BCUT2D eigenvalue weighted by Gasteiger charge is 2.07. The Morgan fingerprint density at radius 3 is 2.67 bits per heavy atom. The zero-order valence-corrected chi connectivity index (χ0v) is 8.43. The molecule has 72 valence electrons.